The van der Waals surface area contributed by atoms with E-state index in [9.17, 15) is 14.0 Å². The predicted molar refractivity (Wildman–Crippen MR) is 56.8 cm³/mol. The summed E-state index contributed by atoms with van der Waals surface area (Å²) < 4.78 is 18.1. The summed E-state index contributed by atoms with van der Waals surface area (Å²) >= 11 is 0. The molecule has 0 aliphatic carbocycles. The van der Waals surface area contributed by atoms with Gasteiger partial charge in [-0.15, -0.1) is 0 Å². The van der Waals surface area contributed by atoms with Gasteiger partial charge in [-0.3, -0.25) is 9.59 Å². The van der Waals surface area contributed by atoms with Gasteiger partial charge in [-0.2, -0.15) is 0 Å². The van der Waals surface area contributed by atoms with Crippen molar-refractivity contribution in [3.05, 3.63) is 24.0 Å². The maximum atomic E-state index is 13.1. The van der Waals surface area contributed by atoms with Gasteiger partial charge in [0.1, 0.15) is 24.0 Å². The summed E-state index contributed by atoms with van der Waals surface area (Å²) in [4.78, 5) is 29.8. The molecule has 0 amide bonds. The Hall–Kier alpha value is -1.85. The number of carbonyl (C=O) groups excluding carboxylic acids is 2. The van der Waals surface area contributed by atoms with Crippen molar-refractivity contribution in [2.75, 3.05) is 0 Å². The van der Waals surface area contributed by atoms with E-state index in [-0.39, 0.29) is 0 Å². The summed E-state index contributed by atoms with van der Waals surface area (Å²) in [6.07, 6.45) is 1.38. The van der Waals surface area contributed by atoms with Crippen LogP contribution in [0.25, 0.3) is 0 Å². The van der Waals surface area contributed by atoms with Crippen LogP contribution in [0.3, 0.4) is 0 Å². The van der Waals surface area contributed by atoms with Crippen molar-refractivity contribution in [1.82, 2.24) is 9.97 Å². The molecule has 0 aliphatic heterocycles. The molecular weight excluding hydrogens is 227 g/mol. The first-order valence-electron chi connectivity index (χ1n) is 5.00. The molecule has 0 atom stereocenters. The minimum absolute atomic E-state index is 0.397. The standard InChI is InChI=1S/C11H13FN2O3/c1-11(2,3)17-9(16)4-8(15)10-7(12)5-13-6-14-10/h5-6H,4H2,1-3H3. The highest BCUT2D eigenvalue weighted by Gasteiger charge is 2.22. The summed E-state index contributed by atoms with van der Waals surface area (Å²) in [6.45, 7) is 5.04. The SMILES string of the molecule is CC(C)(C)OC(=O)CC(=O)c1ncncc1F. The molecule has 92 valence electrons. The molecule has 0 fully saturated rings. The number of halogens is 1. The lowest BCUT2D eigenvalue weighted by molar-refractivity contribution is -0.153. The minimum atomic E-state index is -0.846. The molecule has 0 N–H and O–H groups in total. The Morgan fingerprint density at radius 3 is 2.59 bits per heavy atom. The fourth-order valence-electron chi connectivity index (χ4n) is 1.11. The first-order valence-corrected chi connectivity index (χ1v) is 5.00. The monoisotopic (exact) mass is 240 g/mol. The number of hydrogen-bond acceptors (Lipinski definition) is 5. The van der Waals surface area contributed by atoms with E-state index in [1.807, 2.05) is 0 Å². The number of ether oxygens (including phenoxy) is 1. The second-order valence-electron chi connectivity index (χ2n) is 4.41. The number of nitrogens with zero attached hydrogens (tertiary/aromatic N) is 2. The van der Waals surface area contributed by atoms with Crippen LogP contribution in [0.2, 0.25) is 0 Å². The molecular formula is C11H13FN2O3. The van der Waals surface area contributed by atoms with Crippen molar-refractivity contribution in [2.45, 2.75) is 32.8 Å². The molecule has 0 aliphatic rings. The van der Waals surface area contributed by atoms with Crippen molar-refractivity contribution in [1.29, 1.82) is 0 Å². The van der Waals surface area contributed by atoms with Crippen LogP contribution in [0.5, 0.6) is 0 Å². The first-order chi connectivity index (χ1) is 7.79. The Morgan fingerprint density at radius 2 is 2.06 bits per heavy atom. The maximum absolute atomic E-state index is 13.1. The maximum Gasteiger partial charge on any atom is 0.314 e. The van der Waals surface area contributed by atoms with Gasteiger partial charge in [-0.25, -0.2) is 14.4 Å². The number of rotatable bonds is 3. The van der Waals surface area contributed by atoms with E-state index in [1.54, 1.807) is 20.8 Å². The summed E-state index contributed by atoms with van der Waals surface area (Å²) in [6, 6.07) is 0. The molecule has 0 aromatic carbocycles. The third kappa shape index (κ3) is 4.26. The normalized spacial score (nSPS) is 11.1. The van der Waals surface area contributed by atoms with E-state index in [2.05, 4.69) is 9.97 Å². The predicted octanol–water partition coefficient (Wildman–Crippen LogP) is 1.53. The zero-order chi connectivity index (χ0) is 13.1. The summed E-state index contributed by atoms with van der Waals surface area (Å²) in [5.74, 6) is -2.28. The second kappa shape index (κ2) is 4.99. The molecule has 1 heterocycles. The van der Waals surface area contributed by atoms with Crippen LogP contribution in [0.4, 0.5) is 4.39 Å². The molecule has 0 bridgehead atoms. The molecule has 1 aromatic rings. The van der Waals surface area contributed by atoms with E-state index in [4.69, 9.17) is 4.74 Å². The van der Waals surface area contributed by atoms with Gasteiger partial charge in [0.2, 0.25) is 0 Å². The van der Waals surface area contributed by atoms with Gasteiger partial charge in [0.15, 0.2) is 11.6 Å². The molecule has 5 nitrogen and oxygen atoms in total. The van der Waals surface area contributed by atoms with Gasteiger partial charge in [0.05, 0.1) is 6.20 Å². The number of Topliss-reactive ketones (excluding diaryl/α,β-unsaturated/α-hetero) is 1. The summed E-state index contributed by atoms with van der Waals surface area (Å²) in [7, 11) is 0. The van der Waals surface area contributed by atoms with E-state index in [0.717, 1.165) is 12.5 Å². The zero-order valence-electron chi connectivity index (χ0n) is 9.86. The Kier molecular flexibility index (Phi) is 3.88. The van der Waals surface area contributed by atoms with E-state index < -0.39 is 35.3 Å². The fourth-order valence-corrected chi connectivity index (χ4v) is 1.11. The van der Waals surface area contributed by atoms with Crippen LogP contribution in [0.1, 0.15) is 37.7 Å². The Balaban J connectivity index is 2.68. The molecule has 0 spiro atoms. The molecule has 0 unspecified atom stereocenters. The van der Waals surface area contributed by atoms with Crippen LogP contribution in [0.15, 0.2) is 12.5 Å². The molecule has 1 aromatic heterocycles. The molecule has 0 saturated heterocycles. The second-order valence-corrected chi connectivity index (χ2v) is 4.41. The number of carbonyl (C=O) groups is 2. The summed E-state index contributed by atoms with van der Waals surface area (Å²) in [5.41, 5.74) is -1.08. The average Bonchev–Trinajstić information content (AvgIpc) is 2.14. The van der Waals surface area contributed by atoms with Crippen LogP contribution in [-0.2, 0) is 9.53 Å². The highest BCUT2D eigenvalue weighted by molar-refractivity contribution is 6.04. The highest BCUT2D eigenvalue weighted by atomic mass is 19.1. The van der Waals surface area contributed by atoms with Crippen LogP contribution in [0, 0.1) is 5.82 Å². The van der Waals surface area contributed by atoms with Gasteiger partial charge in [-0.1, -0.05) is 0 Å². The first kappa shape index (κ1) is 13.2. The van der Waals surface area contributed by atoms with Crippen LogP contribution in [-0.4, -0.2) is 27.3 Å². The quantitative estimate of drug-likeness (QED) is 0.455. The van der Waals surface area contributed by atoms with Gasteiger partial charge in [0, 0.05) is 0 Å². The van der Waals surface area contributed by atoms with Gasteiger partial charge >= 0.3 is 5.97 Å². The number of ketones is 1. The lowest BCUT2D eigenvalue weighted by Crippen LogP contribution is -2.25. The largest absolute Gasteiger partial charge is 0.460 e. The summed E-state index contributed by atoms with van der Waals surface area (Å²) in [5, 5.41) is 0. The molecule has 0 saturated carbocycles. The van der Waals surface area contributed by atoms with Gasteiger partial charge < -0.3 is 4.74 Å². The molecule has 1 rings (SSSR count). The smallest absolute Gasteiger partial charge is 0.314 e. The topological polar surface area (TPSA) is 69.2 Å². The number of esters is 1. The van der Waals surface area contributed by atoms with Crippen molar-refractivity contribution in [3.8, 4) is 0 Å². The van der Waals surface area contributed by atoms with E-state index >= 15 is 0 Å². The number of hydrogen-bond donors (Lipinski definition) is 0. The lowest BCUT2D eigenvalue weighted by atomic mass is 10.1. The molecule has 6 heteroatoms. The molecule has 0 radical (unpaired) electrons. The van der Waals surface area contributed by atoms with Crippen LogP contribution >= 0.6 is 0 Å². The highest BCUT2D eigenvalue weighted by Crippen LogP contribution is 2.10. The zero-order valence-corrected chi connectivity index (χ0v) is 9.86. The van der Waals surface area contributed by atoms with Crippen molar-refractivity contribution in [3.63, 3.8) is 0 Å². The van der Waals surface area contributed by atoms with Crippen LogP contribution < -0.4 is 0 Å². The Bertz CT molecular complexity index is 441. The Morgan fingerprint density at radius 1 is 1.41 bits per heavy atom. The molecule has 17 heavy (non-hydrogen) atoms. The van der Waals surface area contributed by atoms with E-state index in [1.165, 1.54) is 0 Å². The third-order valence-corrected chi connectivity index (χ3v) is 1.66. The third-order valence-electron chi connectivity index (χ3n) is 1.66. The fraction of sp³-hybridized carbons (Fsp3) is 0.455. The van der Waals surface area contributed by atoms with Crippen molar-refractivity contribution >= 4 is 11.8 Å². The van der Waals surface area contributed by atoms with Gasteiger partial charge in [-0.05, 0) is 20.8 Å². The van der Waals surface area contributed by atoms with E-state index in [0.29, 0.717) is 0 Å². The lowest BCUT2D eigenvalue weighted by Gasteiger charge is -2.19. The van der Waals surface area contributed by atoms with Gasteiger partial charge in [0.25, 0.3) is 0 Å². The average molecular weight is 240 g/mol. The Labute approximate surface area is 98.0 Å². The number of aromatic nitrogens is 2. The minimum Gasteiger partial charge on any atom is -0.460 e. The van der Waals surface area contributed by atoms with Crippen molar-refractivity contribution < 1.29 is 18.7 Å². The van der Waals surface area contributed by atoms with Crippen molar-refractivity contribution in [2.24, 2.45) is 0 Å².